The molecule has 0 bridgehead atoms. The van der Waals surface area contributed by atoms with Crippen molar-refractivity contribution in [1.82, 2.24) is 5.43 Å². The summed E-state index contributed by atoms with van der Waals surface area (Å²) in [7, 11) is 0. The molecule has 0 amide bonds. The largest absolute Gasteiger partial charge is 0.303 e. The van der Waals surface area contributed by atoms with E-state index in [1.54, 1.807) is 11.8 Å². The lowest BCUT2D eigenvalue weighted by Gasteiger charge is -2.02. The van der Waals surface area contributed by atoms with Gasteiger partial charge in [0.05, 0.1) is 5.69 Å². The molecule has 4 heteroatoms. The van der Waals surface area contributed by atoms with E-state index >= 15 is 0 Å². The van der Waals surface area contributed by atoms with Crippen molar-refractivity contribution in [2.45, 2.75) is 6.92 Å². The van der Waals surface area contributed by atoms with Gasteiger partial charge in [0, 0.05) is 0 Å². The Morgan fingerprint density at radius 3 is 2.69 bits per heavy atom. The first-order chi connectivity index (χ1) is 6.36. The molecule has 0 spiro atoms. The van der Waals surface area contributed by atoms with Gasteiger partial charge in [-0.25, -0.2) is 10.8 Å². The van der Waals surface area contributed by atoms with Gasteiger partial charge < -0.3 is 5.43 Å². The topological polar surface area (TPSA) is 50.4 Å². The van der Waals surface area contributed by atoms with Crippen molar-refractivity contribution in [2.75, 3.05) is 5.75 Å². The van der Waals surface area contributed by atoms with Crippen LogP contribution in [0.5, 0.6) is 0 Å². The number of nitrogens with two attached hydrogens (primary N) is 1. The van der Waals surface area contributed by atoms with E-state index in [0.717, 1.165) is 16.6 Å². The van der Waals surface area contributed by atoms with Crippen LogP contribution in [-0.4, -0.2) is 10.9 Å². The number of rotatable bonds is 2. The van der Waals surface area contributed by atoms with E-state index in [2.05, 4.69) is 17.3 Å². The van der Waals surface area contributed by atoms with Crippen LogP contribution in [0.15, 0.2) is 35.3 Å². The molecular formula is C9H13N3S. The monoisotopic (exact) mass is 195 g/mol. The first kappa shape index (κ1) is 10.1. The van der Waals surface area contributed by atoms with Crippen molar-refractivity contribution in [3.8, 4) is 0 Å². The van der Waals surface area contributed by atoms with Gasteiger partial charge >= 0.3 is 0 Å². The summed E-state index contributed by atoms with van der Waals surface area (Å²) in [6.07, 6.45) is 0. The number of aliphatic imine (C=N–C) groups is 1. The summed E-state index contributed by atoms with van der Waals surface area (Å²) in [5.41, 5.74) is 3.48. The van der Waals surface area contributed by atoms with Crippen molar-refractivity contribution >= 4 is 22.6 Å². The molecule has 70 valence electrons. The highest BCUT2D eigenvalue weighted by Crippen LogP contribution is 2.12. The second-order valence-electron chi connectivity index (χ2n) is 2.33. The normalized spacial score (nSPS) is 11.4. The van der Waals surface area contributed by atoms with Gasteiger partial charge in [0.25, 0.3) is 0 Å². The maximum atomic E-state index is 5.31. The fourth-order valence-electron chi connectivity index (χ4n) is 0.863. The van der Waals surface area contributed by atoms with Crippen molar-refractivity contribution in [3.63, 3.8) is 0 Å². The smallest absolute Gasteiger partial charge is 0.175 e. The van der Waals surface area contributed by atoms with Gasteiger partial charge in [-0.3, -0.25) is 0 Å². The minimum Gasteiger partial charge on any atom is -0.303 e. The fourth-order valence-corrected chi connectivity index (χ4v) is 1.39. The Kier molecular flexibility index (Phi) is 4.35. The molecule has 0 unspecified atom stereocenters. The van der Waals surface area contributed by atoms with Crippen molar-refractivity contribution in [1.29, 1.82) is 0 Å². The summed E-state index contributed by atoms with van der Waals surface area (Å²) in [5, 5.41) is 0.744. The Balaban J connectivity index is 2.73. The Morgan fingerprint density at radius 2 is 2.15 bits per heavy atom. The van der Waals surface area contributed by atoms with Gasteiger partial charge in [-0.15, -0.1) is 0 Å². The van der Waals surface area contributed by atoms with E-state index in [-0.39, 0.29) is 0 Å². The summed E-state index contributed by atoms with van der Waals surface area (Å²) in [4.78, 5) is 4.31. The van der Waals surface area contributed by atoms with Crippen LogP contribution in [0.4, 0.5) is 5.69 Å². The Morgan fingerprint density at radius 1 is 1.46 bits per heavy atom. The van der Waals surface area contributed by atoms with Crippen LogP contribution in [0.1, 0.15) is 6.92 Å². The van der Waals surface area contributed by atoms with Gasteiger partial charge in [-0.05, 0) is 17.9 Å². The van der Waals surface area contributed by atoms with Crippen LogP contribution in [0, 0.1) is 0 Å². The van der Waals surface area contributed by atoms with Gasteiger partial charge in [0.1, 0.15) is 0 Å². The van der Waals surface area contributed by atoms with Gasteiger partial charge in [0.15, 0.2) is 5.17 Å². The second-order valence-corrected chi connectivity index (χ2v) is 3.58. The SMILES string of the molecule is CCSC(=Nc1ccccc1)NN. The van der Waals surface area contributed by atoms with Crippen molar-refractivity contribution in [3.05, 3.63) is 30.3 Å². The zero-order valence-electron chi connectivity index (χ0n) is 7.53. The zero-order chi connectivity index (χ0) is 9.52. The van der Waals surface area contributed by atoms with Gasteiger partial charge in [0.2, 0.25) is 0 Å². The number of hydrogen-bond donors (Lipinski definition) is 2. The first-order valence-electron chi connectivity index (χ1n) is 4.10. The third-order valence-corrected chi connectivity index (χ3v) is 2.16. The molecular weight excluding hydrogens is 182 g/mol. The predicted octanol–water partition coefficient (Wildman–Crippen LogP) is 1.89. The highest BCUT2D eigenvalue weighted by Gasteiger charge is 1.94. The molecule has 1 aromatic rings. The molecule has 0 aromatic heterocycles. The summed E-state index contributed by atoms with van der Waals surface area (Å²) in [6.45, 7) is 2.06. The molecule has 0 atom stereocenters. The fraction of sp³-hybridized carbons (Fsp3) is 0.222. The molecule has 3 N–H and O–H groups in total. The van der Waals surface area contributed by atoms with Crippen LogP contribution in [-0.2, 0) is 0 Å². The number of amidine groups is 1. The van der Waals surface area contributed by atoms with E-state index < -0.39 is 0 Å². The lowest BCUT2D eigenvalue weighted by molar-refractivity contribution is 1.05. The molecule has 0 heterocycles. The summed E-state index contributed by atoms with van der Waals surface area (Å²) in [5.74, 6) is 6.26. The maximum absolute atomic E-state index is 5.31. The maximum Gasteiger partial charge on any atom is 0.175 e. The summed E-state index contributed by atoms with van der Waals surface area (Å²) >= 11 is 1.59. The molecule has 0 fully saturated rings. The van der Waals surface area contributed by atoms with Crippen molar-refractivity contribution < 1.29 is 0 Å². The van der Waals surface area contributed by atoms with Crippen molar-refractivity contribution in [2.24, 2.45) is 10.8 Å². The van der Waals surface area contributed by atoms with Gasteiger partial charge in [-0.1, -0.05) is 36.9 Å². The Bertz CT molecular complexity index is 271. The minimum absolute atomic E-state index is 0.744. The van der Waals surface area contributed by atoms with Crippen LogP contribution in [0.2, 0.25) is 0 Å². The lowest BCUT2D eigenvalue weighted by Crippen LogP contribution is -2.27. The standard InChI is InChI=1S/C9H13N3S/c1-2-13-9(12-10)11-8-6-4-3-5-7-8/h3-7H,2,10H2,1H3,(H,11,12). The summed E-state index contributed by atoms with van der Waals surface area (Å²) < 4.78 is 0. The van der Waals surface area contributed by atoms with E-state index in [1.807, 2.05) is 30.3 Å². The first-order valence-corrected chi connectivity index (χ1v) is 5.08. The molecule has 0 aliphatic heterocycles. The van der Waals surface area contributed by atoms with E-state index in [4.69, 9.17) is 5.84 Å². The van der Waals surface area contributed by atoms with Gasteiger partial charge in [-0.2, -0.15) is 0 Å². The molecule has 0 saturated carbocycles. The Labute approximate surface area is 82.4 Å². The van der Waals surface area contributed by atoms with Crippen LogP contribution in [0.25, 0.3) is 0 Å². The number of benzene rings is 1. The molecule has 0 aliphatic carbocycles. The minimum atomic E-state index is 0.744. The third-order valence-electron chi connectivity index (χ3n) is 1.39. The average molecular weight is 195 g/mol. The molecule has 1 aromatic carbocycles. The van der Waals surface area contributed by atoms with Crippen LogP contribution >= 0.6 is 11.8 Å². The summed E-state index contributed by atoms with van der Waals surface area (Å²) in [6, 6.07) is 9.73. The zero-order valence-corrected chi connectivity index (χ0v) is 8.34. The predicted molar refractivity (Wildman–Crippen MR) is 59.0 cm³/mol. The third kappa shape index (κ3) is 3.48. The number of para-hydroxylation sites is 1. The number of hydrazine groups is 1. The average Bonchev–Trinajstić information content (AvgIpc) is 2.19. The quantitative estimate of drug-likeness (QED) is 0.328. The molecule has 0 radical (unpaired) electrons. The number of nitrogens with zero attached hydrogens (tertiary/aromatic N) is 1. The second kappa shape index (κ2) is 5.61. The molecule has 0 aliphatic rings. The lowest BCUT2D eigenvalue weighted by atomic mass is 10.3. The van der Waals surface area contributed by atoms with E-state index in [9.17, 15) is 0 Å². The highest BCUT2D eigenvalue weighted by molar-refractivity contribution is 8.13. The Hall–Kier alpha value is -1.00. The van der Waals surface area contributed by atoms with Crippen LogP contribution in [0.3, 0.4) is 0 Å². The highest BCUT2D eigenvalue weighted by atomic mass is 32.2. The van der Waals surface area contributed by atoms with E-state index in [1.165, 1.54) is 0 Å². The van der Waals surface area contributed by atoms with Crippen LogP contribution < -0.4 is 11.3 Å². The molecule has 13 heavy (non-hydrogen) atoms. The molecule has 1 rings (SSSR count). The van der Waals surface area contributed by atoms with E-state index in [0.29, 0.717) is 0 Å². The molecule has 0 saturated heterocycles. The number of nitrogens with one attached hydrogen (secondary N) is 1. The number of hydrogen-bond acceptors (Lipinski definition) is 3. The number of thioether (sulfide) groups is 1. The molecule has 3 nitrogen and oxygen atoms in total.